The van der Waals surface area contributed by atoms with Crippen molar-refractivity contribution in [3.05, 3.63) is 75.4 Å². The Morgan fingerprint density at radius 1 is 1.03 bits per heavy atom. The molecule has 1 spiro atoms. The summed E-state index contributed by atoms with van der Waals surface area (Å²) < 4.78 is 22.7. The molecule has 10 heteroatoms. The Balaban J connectivity index is 1.49. The fourth-order valence-electron chi connectivity index (χ4n) is 4.43. The lowest BCUT2D eigenvalue weighted by atomic mass is 9.81. The van der Waals surface area contributed by atoms with Crippen LogP contribution in [0.4, 0.5) is 5.69 Å². The van der Waals surface area contributed by atoms with E-state index in [0.29, 0.717) is 22.6 Å². The number of hydrogen-bond acceptors (Lipinski definition) is 9. The number of nitrogens with zero attached hydrogens (tertiary/aromatic N) is 1. The van der Waals surface area contributed by atoms with Gasteiger partial charge in [-0.25, -0.2) is 9.68 Å². The fraction of sp³-hybridized carbons (Fsp3) is 0.348. The van der Waals surface area contributed by atoms with Gasteiger partial charge in [-0.05, 0) is 48.4 Å². The fourth-order valence-corrected chi connectivity index (χ4v) is 4.43. The number of cyclic esters (lactones) is 1. The molecule has 2 unspecified atom stereocenters. The van der Waals surface area contributed by atoms with Gasteiger partial charge in [-0.3, -0.25) is 10.1 Å². The summed E-state index contributed by atoms with van der Waals surface area (Å²) in [6, 6.07) is 11.2. The zero-order valence-electron chi connectivity index (χ0n) is 18.1. The lowest BCUT2D eigenvalue weighted by Crippen LogP contribution is -2.61. The topological polar surface area (TPSA) is 116 Å². The average molecular weight is 455 g/mol. The van der Waals surface area contributed by atoms with Gasteiger partial charge in [0.25, 0.3) is 5.69 Å². The van der Waals surface area contributed by atoms with Gasteiger partial charge < -0.3 is 18.9 Å². The number of rotatable bonds is 5. The second kappa shape index (κ2) is 7.55. The van der Waals surface area contributed by atoms with E-state index < -0.39 is 34.5 Å². The number of ether oxygens (including phenoxy) is 4. The van der Waals surface area contributed by atoms with Crippen molar-refractivity contribution in [3.8, 4) is 11.5 Å². The molecule has 0 aromatic heterocycles. The van der Waals surface area contributed by atoms with Crippen molar-refractivity contribution in [1.82, 2.24) is 0 Å². The van der Waals surface area contributed by atoms with Crippen LogP contribution in [0.3, 0.4) is 0 Å². The number of fused-ring (bicyclic) bond motifs is 2. The SMILES string of the molecule is COc1ccc(C2C[C@]34OO[C@](C)(C=C3C(=O)O2)C(c2ccc([N+](=O)[O-])cc2)O4)cc1OC. The van der Waals surface area contributed by atoms with Gasteiger partial charge in [-0.2, -0.15) is 4.89 Å². The summed E-state index contributed by atoms with van der Waals surface area (Å²) in [4.78, 5) is 34.8. The van der Waals surface area contributed by atoms with Gasteiger partial charge in [0, 0.05) is 12.1 Å². The molecule has 2 saturated heterocycles. The normalized spacial score (nSPS) is 30.2. The molecule has 2 aromatic rings. The highest BCUT2D eigenvalue weighted by Gasteiger charge is 2.63. The lowest BCUT2D eigenvalue weighted by Gasteiger charge is -2.54. The summed E-state index contributed by atoms with van der Waals surface area (Å²) in [5.41, 5.74) is 0.398. The maximum absolute atomic E-state index is 12.9. The van der Waals surface area contributed by atoms with Crippen molar-refractivity contribution < 1.29 is 38.4 Å². The first kappa shape index (κ1) is 21.4. The summed E-state index contributed by atoms with van der Waals surface area (Å²) in [6.45, 7) is 1.71. The van der Waals surface area contributed by atoms with Crippen molar-refractivity contribution in [2.24, 2.45) is 0 Å². The van der Waals surface area contributed by atoms with Crippen LogP contribution in [0.1, 0.15) is 36.7 Å². The molecule has 172 valence electrons. The molecular formula is C23H21NO9. The Hall–Kier alpha value is -3.47. The van der Waals surface area contributed by atoms with Crippen molar-refractivity contribution in [2.75, 3.05) is 14.2 Å². The lowest BCUT2D eigenvalue weighted by molar-refractivity contribution is -0.523. The zero-order chi connectivity index (χ0) is 23.4. The van der Waals surface area contributed by atoms with Crippen molar-refractivity contribution in [1.29, 1.82) is 0 Å². The average Bonchev–Trinajstić information content (AvgIpc) is 2.83. The van der Waals surface area contributed by atoms with Crippen molar-refractivity contribution in [2.45, 2.75) is 36.9 Å². The van der Waals surface area contributed by atoms with E-state index in [2.05, 4.69) is 0 Å². The third-order valence-corrected chi connectivity index (χ3v) is 6.14. The predicted octanol–water partition coefficient (Wildman–Crippen LogP) is 3.71. The smallest absolute Gasteiger partial charge is 0.340 e. The molecule has 4 heterocycles. The van der Waals surface area contributed by atoms with Crippen LogP contribution in [0.15, 0.2) is 54.1 Å². The first-order chi connectivity index (χ1) is 15.8. The van der Waals surface area contributed by atoms with E-state index in [0.717, 1.165) is 0 Å². The molecule has 2 bridgehead atoms. The number of benzene rings is 2. The summed E-state index contributed by atoms with van der Waals surface area (Å²) in [7, 11) is 3.05. The van der Waals surface area contributed by atoms with E-state index in [-0.39, 0.29) is 17.7 Å². The van der Waals surface area contributed by atoms with Crippen LogP contribution in [0, 0.1) is 10.1 Å². The molecule has 0 saturated carbocycles. The van der Waals surface area contributed by atoms with Gasteiger partial charge in [-0.1, -0.05) is 6.07 Å². The molecule has 2 aromatic carbocycles. The second-order valence-corrected chi connectivity index (χ2v) is 8.22. The first-order valence-electron chi connectivity index (χ1n) is 10.2. The third-order valence-electron chi connectivity index (χ3n) is 6.14. The van der Waals surface area contributed by atoms with Crippen LogP contribution in [0.5, 0.6) is 11.5 Å². The number of carbonyl (C=O) groups excluding carboxylic acids is 1. The number of nitro benzene ring substituents is 1. The largest absolute Gasteiger partial charge is 0.493 e. The molecule has 4 atom stereocenters. The Labute approximate surface area is 188 Å². The first-order valence-corrected chi connectivity index (χ1v) is 10.2. The van der Waals surface area contributed by atoms with Crippen LogP contribution >= 0.6 is 0 Å². The molecule has 4 aliphatic rings. The van der Waals surface area contributed by atoms with Crippen LogP contribution in [0.25, 0.3) is 0 Å². The number of methoxy groups -OCH3 is 2. The summed E-state index contributed by atoms with van der Waals surface area (Å²) in [5.74, 6) is -1.02. The minimum atomic E-state index is -1.49. The maximum atomic E-state index is 12.9. The van der Waals surface area contributed by atoms with Gasteiger partial charge in [0.1, 0.15) is 12.2 Å². The van der Waals surface area contributed by atoms with Crippen LogP contribution in [-0.2, 0) is 24.0 Å². The van der Waals surface area contributed by atoms with Crippen LogP contribution in [-0.4, -0.2) is 36.5 Å². The number of nitro groups is 1. The summed E-state index contributed by atoms with van der Waals surface area (Å²) in [6.07, 6.45) is 0.435. The van der Waals surface area contributed by atoms with Gasteiger partial charge >= 0.3 is 5.97 Å². The molecule has 33 heavy (non-hydrogen) atoms. The molecule has 10 nitrogen and oxygen atoms in total. The monoisotopic (exact) mass is 455 g/mol. The molecule has 0 amide bonds. The number of carbonyl (C=O) groups is 1. The van der Waals surface area contributed by atoms with E-state index in [9.17, 15) is 14.9 Å². The second-order valence-electron chi connectivity index (χ2n) is 8.22. The maximum Gasteiger partial charge on any atom is 0.340 e. The van der Waals surface area contributed by atoms with E-state index in [4.69, 9.17) is 28.7 Å². The molecule has 0 radical (unpaired) electrons. The van der Waals surface area contributed by atoms with Crippen molar-refractivity contribution >= 4 is 11.7 Å². The van der Waals surface area contributed by atoms with Gasteiger partial charge in [0.05, 0.1) is 31.1 Å². The molecule has 0 aliphatic carbocycles. The predicted molar refractivity (Wildman–Crippen MR) is 111 cm³/mol. The van der Waals surface area contributed by atoms with E-state index >= 15 is 0 Å². The molecule has 0 N–H and O–H groups in total. The quantitative estimate of drug-likeness (QED) is 0.288. The summed E-state index contributed by atoms with van der Waals surface area (Å²) in [5, 5.41) is 11.0. The molecule has 6 rings (SSSR count). The summed E-state index contributed by atoms with van der Waals surface area (Å²) >= 11 is 0. The van der Waals surface area contributed by atoms with Crippen LogP contribution < -0.4 is 9.47 Å². The molecule has 4 aliphatic heterocycles. The number of esters is 1. The van der Waals surface area contributed by atoms with Crippen LogP contribution in [0.2, 0.25) is 0 Å². The van der Waals surface area contributed by atoms with E-state index in [1.807, 2.05) is 0 Å². The Kier molecular flexibility index (Phi) is 4.89. The number of non-ortho nitro benzene ring substituents is 1. The van der Waals surface area contributed by atoms with Gasteiger partial charge in [0.2, 0.25) is 5.79 Å². The van der Waals surface area contributed by atoms with E-state index in [1.165, 1.54) is 26.4 Å². The highest BCUT2D eigenvalue weighted by atomic mass is 17.3. The number of hydrogen-bond donors (Lipinski definition) is 0. The van der Waals surface area contributed by atoms with Gasteiger partial charge in [0.15, 0.2) is 17.1 Å². The molecular weight excluding hydrogens is 434 g/mol. The van der Waals surface area contributed by atoms with Crippen molar-refractivity contribution in [3.63, 3.8) is 0 Å². The third kappa shape index (κ3) is 3.34. The minimum absolute atomic E-state index is 0.0359. The Bertz CT molecular complexity index is 1160. The zero-order valence-corrected chi connectivity index (χ0v) is 18.1. The molecule has 2 fully saturated rings. The highest BCUT2D eigenvalue weighted by Crippen LogP contribution is 2.56. The Morgan fingerprint density at radius 3 is 2.39 bits per heavy atom. The highest BCUT2D eigenvalue weighted by molar-refractivity contribution is 5.92. The van der Waals surface area contributed by atoms with Gasteiger partial charge in [-0.15, -0.1) is 0 Å². The minimum Gasteiger partial charge on any atom is -0.493 e. The standard InChI is InChI=1S/C23H21NO9/c1-22-11-16-21(25)30-19(14-6-9-17(28-2)18(10-14)29-3)12-23(16,33-32-22)31-20(22)13-4-7-15(8-5-13)24(26)27/h4-11,19-20H,12H2,1-3H3/t19?,20?,22-,23+/m1/s1. The van der Waals surface area contributed by atoms with E-state index in [1.54, 1.807) is 43.3 Å². The Morgan fingerprint density at radius 2 is 1.73 bits per heavy atom.